The van der Waals surface area contributed by atoms with Crippen LogP contribution in [0.3, 0.4) is 0 Å². The van der Waals surface area contributed by atoms with E-state index in [4.69, 9.17) is 17.2 Å². The van der Waals surface area contributed by atoms with Crippen molar-refractivity contribution >= 4 is 56.6 Å². The minimum atomic E-state index is -4.45. The maximum absolute atomic E-state index is 12.7. The van der Waals surface area contributed by atoms with Crippen molar-refractivity contribution < 1.29 is 13.2 Å². The van der Waals surface area contributed by atoms with Crippen molar-refractivity contribution in [1.82, 2.24) is 19.6 Å². The van der Waals surface area contributed by atoms with Gasteiger partial charge in [-0.2, -0.15) is 22.8 Å². The Hall–Kier alpha value is -4.14. The number of azo groups is 2. The number of fused-ring (bicyclic) bond motifs is 1. The first kappa shape index (κ1) is 20.1. The van der Waals surface area contributed by atoms with Crippen LogP contribution in [0, 0.1) is 0 Å². The van der Waals surface area contributed by atoms with E-state index in [2.05, 4.69) is 35.5 Å². The fraction of sp³-hybridized carbons (Fsp3) is 0.0625. The molecule has 0 radical (unpaired) electrons. The lowest BCUT2D eigenvalue weighted by molar-refractivity contribution is -0.137. The highest BCUT2D eigenvalue weighted by molar-refractivity contribution is 7.13. The van der Waals surface area contributed by atoms with Crippen LogP contribution < -0.4 is 17.2 Å². The van der Waals surface area contributed by atoms with Crippen LogP contribution in [0.5, 0.6) is 0 Å². The highest BCUT2D eigenvalue weighted by atomic mass is 32.1. The topological polar surface area (TPSA) is 171 Å². The Balaban J connectivity index is 1.69. The number of thiazole rings is 1. The highest BCUT2D eigenvalue weighted by Crippen LogP contribution is 2.36. The molecular formula is C16H12F3N11S. The maximum Gasteiger partial charge on any atom is 0.416 e. The largest absolute Gasteiger partial charge is 0.416 e. The van der Waals surface area contributed by atoms with Crippen LogP contribution >= 0.6 is 11.3 Å². The van der Waals surface area contributed by atoms with E-state index in [0.29, 0.717) is 5.13 Å². The van der Waals surface area contributed by atoms with E-state index in [1.165, 1.54) is 28.0 Å². The number of nitrogens with zero attached hydrogens (tertiary/aromatic N) is 8. The Morgan fingerprint density at radius 2 is 1.61 bits per heavy atom. The zero-order valence-electron chi connectivity index (χ0n) is 15.3. The predicted octanol–water partition coefficient (Wildman–Crippen LogP) is 4.78. The molecule has 0 saturated carbocycles. The van der Waals surface area contributed by atoms with Gasteiger partial charge in [-0.05, 0) is 24.3 Å². The van der Waals surface area contributed by atoms with Gasteiger partial charge < -0.3 is 17.2 Å². The molecule has 15 heteroatoms. The monoisotopic (exact) mass is 447 g/mol. The minimum absolute atomic E-state index is 0.00508. The Kier molecular flexibility index (Phi) is 4.94. The molecule has 0 fully saturated rings. The van der Waals surface area contributed by atoms with Crippen molar-refractivity contribution in [2.45, 2.75) is 6.18 Å². The van der Waals surface area contributed by atoms with Gasteiger partial charge in [-0.15, -0.1) is 31.8 Å². The van der Waals surface area contributed by atoms with Crippen molar-refractivity contribution in [3.63, 3.8) is 0 Å². The third-order valence-electron chi connectivity index (χ3n) is 3.92. The van der Waals surface area contributed by atoms with Gasteiger partial charge in [-0.1, -0.05) is 0 Å². The molecule has 11 nitrogen and oxygen atoms in total. The second-order valence-electron chi connectivity index (χ2n) is 5.96. The Labute approximate surface area is 175 Å². The molecule has 0 unspecified atom stereocenters. The first-order chi connectivity index (χ1) is 14.7. The Morgan fingerprint density at radius 3 is 2.26 bits per heavy atom. The van der Waals surface area contributed by atoms with E-state index in [-0.39, 0.29) is 40.2 Å². The molecule has 3 heterocycles. The Bertz CT molecular complexity index is 1290. The van der Waals surface area contributed by atoms with E-state index >= 15 is 0 Å². The number of hydrogen-bond acceptors (Lipinski definition) is 11. The summed E-state index contributed by atoms with van der Waals surface area (Å²) in [5.74, 6) is -0.120. The van der Waals surface area contributed by atoms with Gasteiger partial charge >= 0.3 is 6.18 Å². The number of rotatable bonds is 4. The fourth-order valence-electron chi connectivity index (χ4n) is 2.47. The summed E-state index contributed by atoms with van der Waals surface area (Å²) in [5.41, 5.74) is 17.5. The second kappa shape index (κ2) is 7.60. The van der Waals surface area contributed by atoms with Crippen LogP contribution in [-0.2, 0) is 6.18 Å². The zero-order chi connectivity index (χ0) is 22.2. The lowest BCUT2D eigenvalue weighted by atomic mass is 10.2. The van der Waals surface area contributed by atoms with Crippen LogP contribution in [0.4, 0.5) is 52.8 Å². The number of benzene rings is 1. The number of alkyl halides is 3. The normalized spacial score (nSPS) is 12.5. The molecule has 4 aromatic rings. The van der Waals surface area contributed by atoms with Gasteiger partial charge in [0.25, 0.3) is 0 Å². The summed E-state index contributed by atoms with van der Waals surface area (Å²) in [4.78, 5) is 8.13. The molecule has 158 valence electrons. The van der Waals surface area contributed by atoms with Crippen LogP contribution in [-0.4, -0.2) is 19.6 Å². The smallest absolute Gasteiger partial charge is 0.382 e. The molecule has 0 aliphatic rings. The van der Waals surface area contributed by atoms with E-state index in [0.717, 1.165) is 12.1 Å². The SMILES string of the molecule is Nc1nc2c(N=Nc3ccc(C(F)(F)F)cc3)c(N)nn2c(N)c1N=Nc1nccs1. The average molecular weight is 447 g/mol. The molecule has 31 heavy (non-hydrogen) atoms. The molecule has 0 aliphatic carbocycles. The van der Waals surface area contributed by atoms with Crippen molar-refractivity contribution in [2.24, 2.45) is 20.5 Å². The van der Waals surface area contributed by atoms with E-state index in [1.54, 1.807) is 11.6 Å². The molecular weight excluding hydrogens is 435 g/mol. The standard InChI is InChI=1S/C16H12F3N11S/c17-16(18,19)7-1-3-8(4-2-7)25-27-10-12(21)29-30-13(22)9(11(20)24-14(10)30)26-28-15-23-5-6-31-15/h1-6H,22H2,(H2,20,24)(H2,21,29). The molecule has 0 saturated heterocycles. The van der Waals surface area contributed by atoms with E-state index < -0.39 is 11.7 Å². The molecule has 0 aliphatic heterocycles. The third kappa shape index (κ3) is 3.97. The molecule has 4 rings (SSSR count). The summed E-state index contributed by atoms with van der Waals surface area (Å²) in [5, 5.41) is 21.9. The number of halogens is 3. The molecule has 0 atom stereocenters. The molecule has 1 aromatic carbocycles. The first-order valence-corrected chi connectivity index (χ1v) is 9.25. The minimum Gasteiger partial charge on any atom is -0.382 e. The molecule has 0 bridgehead atoms. The van der Waals surface area contributed by atoms with Crippen LogP contribution in [0.1, 0.15) is 5.56 Å². The van der Waals surface area contributed by atoms with E-state index in [1.807, 2.05) is 0 Å². The van der Waals surface area contributed by atoms with E-state index in [9.17, 15) is 13.2 Å². The van der Waals surface area contributed by atoms with Gasteiger partial charge in [0.15, 0.2) is 34.5 Å². The first-order valence-electron chi connectivity index (χ1n) is 8.37. The second-order valence-corrected chi connectivity index (χ2v) is 6.83. The summed E-state index contributed by atoms with van der Waals surface area (Å²) in [6, 6.07) is 4.12. The van der Waals surface area contributed by atoms with Crippen molar-refractivity contribution in [1.29, 1.82) is 0 Å². The van der Waals surface area contributed by atoms with Crippen molar-refractivity contribution in [2.75, 3.05) is 17.2 Å². The lowest BCUT2D eigenvalue weighted by Gasteiger charge is -2.05. The predicted molar refractivity (Wildman–Crippen MR) is 108 cm³/mol. The summed E-state index contributed by atoms with van der Waals surface area (Å²) in [6.07, 6.45) is -2.88. The fourth-order valence-corrected chi connectivity index (χ4v) is 2.92. The molecule has 0 spiro atoms. The summed E-state index contributed by atoms with van der Waals surface area (Å²) < 4.78 is 39.2. The van der Waals surface area contributed by atoms with Gasteiger partial charge in [-0.3, -0.25) is 0 Å². The maximum atomic E-state index is 12.7. The van der Waals surface area contributed by atoms with Gasteiger partial charge in [0, 0.05) is 11.6 Å². The van der Waals surface area contributed by atoms with Gasteiger partial charge in [-0.25, -0.2) is 9.97 Å². The number of nitrogens with two attached hydrogens (primary N) is 3. The van der Waals surface area contributed by atoms with Crippen LogP contribution in [0.15, 0.2) is 56.3 Å². The van der Waals surface area contributed by atoms with Crippen LogP contribution in [0.2, 0.25) is 0 Å². The molecule has 3 aromatic heterocycles. The molecule has 0 amide bonds. The average Bonchev–Trinajstić information content (AvgIpc) is 3.34. The zero-order valence-corrected chi connectivity index (χ0v) is 16.1. The van der Waals surface area contributed by atoms with Gasteiger partial charge in [0.1, 0.15) is 0 Å². The molecule has 6 N–H and O–H groups in total. The van der Waals surface area contributed by atoms with Crippen molar-refractivity contribution in [3.05, 3.63) is 41.4 Å². The third-order valence-corrected chi connectivity index (χ3v) is 4.57. The highest BCUT2D eigenvalue weighted by Gasteiger charge is 2.30. The summed E-state index contributed by atoms with van der Waals surface area (Å²) in [6.45, 7) is 0. The summed E-state index contributed by atoms with van der Waals surface area (Å²) >= 11 is 1.26. The van der Waals surface area contributed by atoms with Crippen LogP contribution in [0.25, 0.3) is 5.65 Å². The number of aromatic nitrogens is 4. The summed E-state index contributed by atoms with van der Waals surface area (Å²) in [7, 11) is 0. The Morgan fingerprint density at radius 1 is 0.903 bits per heavy atom. The van der Waals surface area contributed by atoms with Gasteiger partial charge in [0.2, 0.25) is 5.13 Å². The quantitative estimate of drug-likeness (QED) is 0.380. The number of anilines is 3. The van der Waals surface area contributed by atoms with Crippen molar-refractivity contribution in [3.8, 4) is 0 Å². The number of hydrogen-bond donors (Lipinski definition) is 3. The van der Waals surface area contributed by atoms with Gasteiger partial charge in [0.05, 0.1) is 11.3 Å². The number of nitrogen functional groups attached to an aromatic ring is 3. The lowest BCUT2D eigenvalue weighted by Crippen LogP contribution is -2.04.